The van der Waals surface area contributed by atoms with Crippen LogP contribution in [0.1, 0.15) is 31.0 Å². The summed E-state index contributed by atoms with van der Waals surface area (Å²) in [6.07, 6.45) is 4.60. The second-order valence-corrected chi connectivity index (χ2v) is 5.27. The van der Waals surface area contributed by atoms with Crippen LogP contribution in [0.25, 0.3) is 0 Å². The lowest BCUT2D eigenvalue weighted by Gasteiger charge is -2.17. The van der Waals surface area contributed by atoms with Gasteiger partial charge in [0, 0.05) is 42.7 Å². The predicted molar refractivity (Wildman–Crippen MR) is 77.5 cm³/mol. The van der Waals surface area contributed by atoms with Crippen molar-refractivity contribution in [1.82, 2.24) is 15.2 Å². The van der Waals surface area contributed by atoms with Crippen LogP contribution in [0.15, 0.2) is 12.3 Å². The highest BCUT2D eigenvalue weighted by Crippen LogP contribution is 2.25. The van der Waals surface area contributed by atoms with Gasteiger partial charge in [0.25, 0.3) is 0 Å². The minimum atomic E-state index is 0.746. The van der Waals surface area contributed by atoms with E-state index in [1.54, 1.807) is 0 Å². The maximum atomic E-state index is 5.94. The van der Waals surface area contributed by atoms with Gasteiger partial charge in [0.05, 0.1) is 0 Å². The average molecular weight is 263 g/mol. The zero-order valence-corrected chi connectivity index (χ0v) is 12.3. The fraction of sp³-hybridized carbons (Fsp3) is 0.667. The van der Waals surface area contributed by atoms with Crippen molar-refractivity contribution in [2.75, 3.05) is 26.7 Å². The summed E-state index contributed by atoms with van der Waals surface area (Å²) in [5, 5.41) is 3.32. The quantitative estimate of drug-likeness (QED) is 0.778. The number of nitrogens with zero attached hydrogens (tertiary/aromatic N) is 2. The summed E-state index contributed by atoms with van der Waals surface area (Å²) >= 11 is 0. The lowest BCUT2D eigenvalue weighted by Crippen LogP contribution is -2.26. The van der Waals surface area contributed by atoms with Gasteiger partial charge < -0.3 is 15.0 Å². The van der Waals surface area contributed by atoms with Crippen LogP contribution in [0.3, 0.4) is 0 Å². The molecule has 2 rings (SSSR count). The first-order valence-electron chi connectivity index (χ1n) is 7.20. The predicted octanol–water partition coefficient (Wildman–Crippen LogP) is 1.97. The fourth-order valence-corrected chi connectivity index (χ4v) is 2.09. The van der Waals surface area contributed by atoms with Crippen molar-refractivity contribution >= 4 is 0 Å². The van der Waals surface area contributed by atoms with Gasteiger partial charge in [-0.3, -0.25) is 4.98 Å². The first-order chi connectivity index (χ1) is 9.20. The third-order valence-corrected chi connectivity index (χ3v) is 3.52. The van der Waals surface area contributed by atoms with Gasteiger partial charge in [-0.15, -0.1) is 0 Å². The van der Waals surface area contributed by atoms with Crippen LogP contribution in [-0.4, -0.2) is 42.7 Å². The summed E-state index contributed by atoms with van der Waals surface area (Å²) in [5.41, 5.74) is 2.15. The van der Waals surface area contributed by atoms with E-state index in [4.69, 9.17) is 4.74 Å². The van der Waals surface area contributed by atoms with Crippen molar-refractivity contribution in [3.8, 4) is 5.75 Å². The highest BCUT2D eigenvalue weighted by atomic mass is 16.5. The molecule has 1 aliphatic rings. The van der Waals surface area contributed by atoms with E-state index in [1.165, 1.54) is 12.8 Å². The Balaban J connectivity index is 1.87. The molecule has 4 heteroatoms. The van der Waals surface area contributed by atoms with Crippen molar-refractivity contribution in [2.24, 2.45) is 0 Å². The third kappa shape index (κ3) is 4.48. The number of hydrogen-bond donors (Lipinski definition) is 1. The molecule has 106 valence electrons. The number of aryl methyl sites for hydroxylation is 1. The minimum Gasteiger partial charge on any atom is -0.492 e. The van der Waals surface area contributed by atoms with Crippen LogP contribution in [0, 0.1) is 6.92 Å². The van der Waals surface area contributed by atoms with Gasteiger partial charge in [-0.05, 0) is 33.4 Å². The molecule has 1 heterocycles. The van der Waals surface area contributed by atoms with Gasteiger partial charge in [0.15, 0.2) is 0 Å². The largest absolute Gasteiger partial charge is 0.492 e. The van der Waals surface area contributed by atoms with Crippen LogP contribution in [0.5, 0.6) is 5.75 Å². The molecule has 4 nitrogen and oxygen atoms in total. The lowest BCUT2D eigenvalue weighted by molar-refractivity contribution is 0.230. The second kappa shape index (κ2) is 6.87. The summed E-state index contributed by atoms with van der Waals surface area (Å²) in [4.78, 5) is 6.73. The summed E-state index contributed by atoms with van der Waals surface area (Å²) < 4.78 is 5.94. The Morgan fingerprint density at radius 3 is 2.95 bits per heavy atom. The summed E-state index contributed by atoms with van der Waals surface area (Å²) in [7, 11) is 2.18. The normalized spacial score (nSPS) is 14.9. The molecule has 0 saturated heterocycles. The molecule has 19 heavy (non-hydrogen) atoms. The van der Waals surface area contributed by atoms with Gasteiger partial charge in [-0.25, -0.2) is 0 Å². The molecule has 0 spiro atoms. The highest BCUT2D eigenvalue weighted by molar-refractivity contribution is 5.32. The molecule has 0 radical (unpaired) electrons. The number of nitrogens with one attached hydrogen (secondary N) is 1. The molecule has 1 N–H and O–H groups in total. The molecule has 0 bridgehead atoms. The van der Waals surface area contributed by atoms with Crippen LogP contribution in [0.4, 0.5) is 0 Å². The topological polar surface area (TPSA) is 37.4 Å². The van der Waals surface area contributed by atoms with Gasteiger partial charge in [-0.2, -0.15) is 0 Å². The van der Waals surface area contributed by atoms with E-state index in [0.717, 1.165) is 49.3 Å². The van der Waals surface area contributed by atoms with Crippen molar-refractivity contribution in [1.29, 1.82) is 0 Å². The Hall–Kier alpha value is -1.13. The summed E-state index contributed by atoms with van der Waals surface area (Å²) in [6, 6.07) is 2.83. The van der Waals surface area contributed by atoms with Gasteiger partial charge in [0.2, 0.25) is 0 Å². The number of hydrogen-bond acceptors (Lipinski definition) is 4. The van der Waals surface area contributed by atoms with Gasteiger partial charge in [-0.1, -0.05) is 6.92 Å². The molecule has 1 aromatic rings. The van der Waals surface area contributed by atoms with Gasteiger partial charge >= 0.3 is 0 Å². The molecular weight excluding hydrogens is 238 g/mol. The number of likely N-dealkylation sites (N-methyl/N-ethyl adjacent to an activating group) is 1. The standard InChI is InChI=1S/C15H25N3O/c1-4-16-10-13-11-17-12(2)9-15(13)19-8-7-18(3)14-5-6-14/h9,11,14,16H,4-8,10H2,1-3H3. The van der Waals surface area contributed by atoms with E-state index >= 15 is 0 Å². The smallest absolute Gasteiger partial charge is 0.127 e. The maximum absolute atomic E-state index is 5.94. The van der Waals surface area contributed by atoms with E-state index in [-0.39, 0.29) is 0 Å². The van der Waals surface area contributed by atoms with E-state index < -0.39 is 0 Å². The van der Waals surface area contributed by atoms with Crippen LogP contribution in [-0.2, 0) is 6.54 Å². The highest BCUT2D eigenvalue weighted by Gasteiger charge is 2.25. The molecule has 0 aromatic carbocycles. The zero-order valence-electron chi connectivity index (χ0n) is 12.3. The van der Waals surface area contributed by atoms with E-state index in [2.05, 4.69) is 29.2 Å². The Labute approximate surface area is 116 Å². The first-order valence-corrected chi connectivity index (χ1v) is 7.20. The van der Waals surface area contributed by atoms with Crippen molar-refractivity contribution in [3.63, 3.8) is 0 Å². The molecule has 1 aliphatic carbocycles. The van der Waals surface area contributed by atoms with E-state index in [9.17, 15) is 0 Å². The zero-order chi connectivity index (χ0) is 13.7. The van der Waals surface area contributed by atoms with E-state index in [0.29, 0.717) is 0 Å². The minimum absolute atomic E-state index is 0.746. The number of pyridine rings is 1. The monoisotopic (exact) mass is 263 g/mol. The third-order valence-electron chi connectivity index (χ3n) is 3.52. The first kappa shape index (κ1) is 14.3. The molecule has 0 amide bonds. The maximum Gasteiger partial charge on any atom is 0.127 e. The fourth-order valence-electron chi connectivity index (χ4n) is 2.09. The average Bonchev–Trinajstić information content (AvgIpc) is 3.22. The molecule has 0 atom stereocenters. The number of aromatic nitrogens is 1. The number of ether oxygens (including phenoxy) is 1. The Bertz CT molecular complexity index is 404. The van der Waals surface area contributed by atoms with Crippen LogP contribution in [0.2, 0.25) is 0 Å². The van der Waals surface area contributed by atoms with Gasteiger partial charge in [0.1, 0.15) is 12.4 Å². The number of rotatable bonds is 8. The van der Waals surface area contributed by atoms with Crippen molar-refractivity contribution in [3.05, 3.63) is 23.5 Å². The lowest BCUT2D eigenvalue weighted by atomic mass is 10.2. The Morgan fingerprint density at radius 2 is 2.26 bits per heavy atom. The second-order valence-electron chi connectivity index (χ2n) is 5.27. The molecule has 1 saturated carbocycles. The molecule has 1 fully saturated rings. The summed E-state index contributed by atoms with van der Waals surface area (Å²) in [6.45, 7) is 7.62. The van der Waals surface area contributed by atoms with Crippen LogP contribution >= 0.6 is 0 Å². The Kier molecular flexibility index (Phi) is 5.16. The van der Waals surface area contributed by atoms with E-state index in [1.807, 2.05) is 19.2 Å². The Morgan fingerprint density at radius 1 is 1.47 bits per heavy atom. The molecule has 0 aliphatic heterocycles. The summed E-state index contributed by atoms with van der Waals surface area (Å²) in [5.74, 6) is 0.970. The SMILES string of the molecule is CCNCc1cnc(C)cc1OCCN(C)C1CC1. The van der Waals surface area contributed by atoms with Crippen molar-refractivity contribution < 1.29 is 4.74 Å². The molecular formula is C15H25N3O. The van der Waals surface area contributed by atoms with Crippen LogP contribution < -0.4 is 10.1 Å². The molecule has 0 unspecified atom stereocenters. The molecule has 1 aromatic heterocycles. The van der Waals surface area contributed by atoms with Crippen molar-refractivity contribution in [2.45, 2.75) is 39.3 Å².